The van der Waals surface area contributed by atoms with E-state index in [4.69, 9.17) is 14.2 Å². The van der Waals surface area contributed by atoms with E-state index in [1.165, 1.54) is 0 Å². The lowest BCUT2D eigenvalue weighted by molar-refractivity contribution is -0.121. The Hall–Kier alpha value is -2.69. The Morgan fingerprint density at radius 1 is 1.08 bits per heavy atom. The predicted molar refractivity (Wildman–Crippen MR) is 102 cm³/mol. The summed E-state index contributed by atoms with van der Waals surface area (Å²) in [7, 11) is 3.22. The van der Waals surface area contributed by atoms with Gasteiger partial charge >= 0.3 is 0 Å². The first-order chi connectivity index (χ1) is 12.5. The lowest BCUT2D eigenvalue weighted by Gasteiger charge is -2.18. The molecular weight excluding hydrogens is 330 g/mol. The fraction of sp³-hybridized carbons (Fsp3) is 0.381. The van der Waals surface area contributed by atoms with Crippen molar-refractivity contribution in [3.05, 3.63) is 53.6 Å². The van der Waals surface area contributed by atoms with Crippen LogP contribution in [-0.4, -0.2) is 26.7 Å². The van der Waals surface area contributed by atoms with Gasteiger partial charge in [-0.2, -0.15) is 0 Å². The maximum atomic E-state index is 12.2. The van der Waals surface area contributed by atoms with Gasteiger partial charge in [0.25, 0.3) is 0 Å². The normalized spacial score (nSPS) is 11.5. The first-order valence-electron chi connectivity index (χ1n) is 8.74. The predicted octanol–water partition coefficient (Wildman–Crippen LogP) is 4.05. The highest BCUT2D eigenvalue weighted by Gasteiger charge is 2.14. The smallest absolute Gasteiger partial charge is 0.220 e. The van der Waals surface area contributed by atoms with E-state index in [0.29, 0.717) is 25.2 Å². The molecule has 5 nitrogen and oxygen atoms in total. The van der Waals surface area contributed by atoms with Crippen molar-refractivity contribution in [2.75, 3.05) is 20.8 Å². The zero-order valence-corrected chi connectivity index (χ0v) is 15.9. The summed E-state index contributed by atoms with van der Waals surface area (Å²) < 4.78 is 16.3. The molecule has 0 aliphatic carbocycles. The number of carbonyl (C=O) groups is 1. The van der Waals surface area contributed by atoms with Gasteiger partial charge in [-0.15, -0.1) is 0 Å². The summed E-state index contributed by atoms with van der Waals surface area (Å²) >= 11 is 0. The lowest BCUT2D eigenvalue weighted by Crippen LogP contribution is -2.27. The van der Waals surface area contributed by atoms with Crippen LogP contribution in [0.2, 0.25) is 0 Å². The number of aryl methyl sites for hydroxylation is 1. The van der Waals surface area contributed by atoms with E-state index in [1.54, 1.807) is 14.2 Å². The topological polar surface area (TPSA) is 56.8 Å². The van der Waals surface area contributed by atoms with Crippen LogP contribution in [0.5, 0.6) is 17.2 Å². The van der Waals surface area contributed by atoms with Gasteiger partial charge < -0.3 is 19.5 Å². The molecule has 0 spiro atoms. The van der Waals surface area contributed by atoms with Crippen LogP contribution < -0.4 is 19.5 Å². The first-order valence-corrected chi connectivity index (χ1v) is 8.74. The van der Waals surface area contributed by atoms with E-state index in [1.807, 2.05) is 56.3 Å². The molecule has 0 aliphatic heterocycles. The van der Waals surface area contributed by atoms with E-state index in [2.05, 4.69) is 5.32 Å². The highest BCUT2D eigenvalue weighted by atomic mass is 16.5. The third-order valence-corrected chi connectivity index (χ3v) is 4.09. The third-order valence-electron chi connectivity index (χ3n) is 4.09. The quantitative estimate of drug-likeness (QED) is 0.688. The molecule has 2 rings (SSSR count). The SMILES string of the molecule is COc1ccc(C(C)NC(=O)CCCOc2cccc(C)c2)c(OC)c1. The van der Waals surface area contributed by atoms with Crippen molar-refractivity contribution < 1.29 is 19.0 Å². The Morgan fingerprint density at radius 2 is 1.88 bits per heavy atom. The minimum atomic E-state index is -0.152. The van der Waals surface area contributed by atoms with Gasteiger partial charge in [-0.1, -0.05) is 12.1 Å². The molecule has 0 fully saturated rings. The summed E-state index contributed by atoms with van der Waals surface area (Å²) in [5.74, 6) is 2.24. The van der Waals surface area contributed by atoms with Crippen molar-refractivity contribution >= 4 is 5.91 Å². The van der Waals surface area contributed by atoms with Gasteiger partial charge in [-0.05, 0) is 50.1 Å². The van der Waals surface area contributed by atoms with Crippen molar-refractivity contribution in [3.63, 3.8) is 0 Å². The largest absolute Gasteiger partial charge is 0.497 e. The number of benzene rings is 2. The zero-order chi connectivity index (χ0) is 18.9. The maximum Gasteiger partial charge on any atom is 0.220 e. The van der Waals surface area contributed by atoms with Crippen molar-refractivity contribution in [3.8, 4) is 17.2 Å². The molecule has 0 bridgehead atoms. The van der Waals surface area contributed by atoms with Crippen LogP contribution in [0.15, 0.2) is 42.5 Å². The van der Waals surface area contributed by atoms with E-state index in [9.17, 15) is 4.79 Å². The van der Waals surface area contributed by atoms with Crippen LogP contribution in [0, 0.1) is 6.92 Å². The third kappa shape index (κ3) is 5.69. The molecule has 140 valence electrons. The van der Waals surface area contributed by atoms with Crippen LogP contribution in [0.1, 0.15) is 36.9 Å². The summed E-state index contributed by atoms with van der Waals surface area (Å²) in [5.41, 5.74) is 2.07. The number of amides is 1. The van der Waals surface area contributed by atoms with Gasteiger partial charge in [0.1, 0.15) is 17.2 Å². The first kappa shape index (κ1) is 19.6. The Labute approximate surface area is 155 Å². The number of methoxy groups -OCH3 is 2. The molecule has 1 atom stereocenters. The zero-order valence-electron chi connectivity index (χ0n) is 15.9. The second-order valence-electron chi connectivity index (χ2n) is 6.17. The van der Waals surface area contributed by atoms with E-state index in [0.717, 1.165) is 22.6 Å². The van der Waals surface area contributed by atoms with Gasteiger partial charge in [0.2, 0.25) is 5.91 Å². The van der Waals surface area contributed by atoms with E-state index < -0.39 is 0 Å². The molecular formula is C21H27NO4. The van der Waals surface area contributed by atoms with E-state index >= 15 is 0 Å². The number of hydrogen-bond donors (Lipinski definition) is 1. The Kier molecular flexibility index (Phi) is 7.33. The minimum Gasteiger partial charge on any atom is -0.497 e. The van der Waals surface area contributed by atoms with Crippen molar-refractivity contribution in [2.45, 2.75) is 32.7 Å². The number of nitrogens with one attached hydrogen (secondary N) is 1. The van der Waals surface area contributed by atoms with Crippen LogP contribution in [0.25, 0.3) is 0 Å². The Bertz CT molecular complexity index is 730. The van der Waals surface area contributed by atoms with Gasteiger partial charge in [0.15, 0.2) is 0 Å². The minimum absolute atomic E-state index is 0.0109. The summed E-state index contributed by atoms with van der Waals surface area (Å²) in [6.45, 7) is 4.47. The summed E-state index contributed by atoms with van der Waals surface area (Å²) in [6, 6.07) is 13.3. The number of ether oxygens (including phenoxy) is 3. The van der Waals surface area contributed by atoms with Crippen molar-refractivity contribution in [1.29, 1.82) is 0 Å². The molecule has 0 radical (unpaired) electrons. The molecule has 5 heteroatoms. The highest BCUT2D eigenvalue weighted by Crippen LogP contribution is 2.29. The van der Waals surface area contributed by atoms with Crippen LogP contribution >= 0.6 is 0 Å². The molecule has 0 aromatic heterocycles. The molecule has 0 aliphatic rings. The average Bonchev–Trinajstić information content (AvgIpc) is 2.64. The number of carbonyl (C=O) groups excluding carboxylic acids is 1. The molecule has 26 heavy (non-hydrogen) atoms. The second kappa shape index (κ2) is 9.70. The Morgan fingerprint density at radius 3 is 2.58 bits per heavy atom. The number of rotatable bonds is 9. The van der Waals surface area contributed by atoms with Crippen LogP contribution in [-0.2, 0) is 4.79 Å². The standard InChI is InChI=1S/C21H27NO4/c1-15-7-5-8-18(13-15)26-12-6-9-21(23)22-16(2)19-11-10-17(24-3)14-20(19)25-4/h5,7-8,10-11,13-14,16H,6,9,12H2,1-4H3,(H,22,23). The van der Waals surface area contributed by atoms with Crippen molar-refractivity contribution in [1.82, 2.24) is 5.32 Å². The molecule has 2 aromatic rings. The van der Waals surface area contributed by atoms with Crippen molar-refractivity contribution in [2.24, 2.45) is 0 Å². The summed E-state index contributed by atoms with van der Waals surface area (Å²) in [6.07, 6.45) is 1.07. The molecule has 0 saturated carbocycles. The summed E-state index contributed by atoms with van der Waals surface area (Å²) in [5, 5.41) is 3.00. The maximum absolute atomic E-state index is 12.2. The highest BCUT2D eigenvalue weighted by molar-refractivity contribution is 5.76. The van der Waals surface area contributed by atoms with Gasteiger partial charge in [0.05, 0.1) is 26.9 Å². The lowest BCUT2D eigenvalue weighted by atomic mass is 10.1. The van der Waals surface area contributed by atoms with Crippen LogP contribution in [0.3, 0.4) is 0 Å². The van der Waals surface area contributed by atoms with Crippen LogP contribution in [0.4, 0.5) is 0 Å². The molecule has 1 N–H and O–H groups in total. The van der Waals surface area contributed by atoms with Gasteiger partial charge in [-0.25, -0.2) is 0 Å². The second-order valence-corrected chi connectivity index (χ2v) is 6.17. The molecule has 0 heterocycles. The number of hydrogen-bond acceptors (Lipinski definition) is 4. The fourth-order valence-electron chi connectivity index (χ4n) is 2.70. The van der Waals surface area contributed by atoms with Gasteiger partial charge in [0, 0.05) is 18.1 Å². The molecule has 1 unspecified atom stereocenters. The molecule has 1 amide bonds. The fourth-order valence-corrected chi connectivity index (χ4v) is 2.70. The molecule has 0 saturated heterocycles. The Balaban J connectivity index is 1.80. The van der Waals surface area contributed by atoms with Gasteiger partial charge in [-0.3, -0.25) is 4.79 Å². The summed E-state index contributed by atoms with van der Waals surface area (Å²) in [4.78, 5) is 12.2. The molecule has 2 aromatic carbocycles. The average molecular weight is 357 g/mol. The van der Waals surface area contributed by atoms with E-state index in [-0.39, 0.29) is 11.9 Å². The monoisotopic (exact) mass is 357 g/mol.